The van der Waals surface area contributed by atoms with Gasteiger partial charge in [-0.1, -0.05) is 25.0 Å². The van der Waals surface area contributed by atoms with E-state index >= 15 is 0 Å². The standard InChI is InChI=1S/C19H26N2O2/c22-19(20-17-9-8-14-4-3-6-15(14)17)16-5-1-2-7-18(16)21-10-12-23-13-11-21/h1-2,5,7,14-15,17H,3-4,6,8-13H2,(H,20,22)/t14-,15-,17-/m1/s1. The maximum Gasteiger partial charge on any atom is 0.253 e. The van der Waals surface area contributed by atoms with E-state index < -0.39 is 0 Å². The van der Waals surface area contributed by atoms with Gasteiger partial charge in [-0.05, 0) is 43.2 Å². The van der Waals surface area contributed by atoms with Gasteiger partial charge in [0.25, 0.3) is 5.91 Å². The molecule has 2 saturated carbocycles. The molecule has 0 radical (unpaired) electrons. The molecular weight excluding hydrogens is 288 g/mol. The topological polar surface area (TPSA) is 41.6 Å². The molecule has 1 aliphatic heterocycles. The molecule has 0 bridgehead atoms. The minimum Gasteiger partial charge on any atom is -0.378 e. The van der Waals surface area contributed by atoms with E-state index in [2.05, 4.69) is 16.3 Å². The van der Waals surface area contributed by atoms with Crippen LogP contribution in [0.25, 0.3) is 0 Å². The number of amides is 1. The molecule has 3 aliphatic rings. The van der Waals surface area contributed by atoms with Crippen LogP contribution < -0.4 is 10.2 Å². The van der Waals surface area contributed by atoms with Gasteiger partial charge in [-0.2, -0.15) is 0 Å². The van der Waals surface area contributed by atoms with Crippen molar-refractivity contribution in [3.63, 3.8) is 0 Å². The Morgan fingerprint density at radius 1 is 1.09 bits per heavy atom. The first kappa shape index (κ1) is 15.0. The van der Waals surface area contributed by atoms with Crippen molar-refractivity contribution < 1.29 is 9.53 Å². The van der Waals surface area contributed by atoms with Crippen molar-refractivity contribution in [2.24, 2.45) is 11.8 Å². The predicted octanol–water partition coefficient (Wildman–Crippen LogP) is 2.83. The molecule has 0 unspecified atom stereocenters. The molecule has 4 heteroatoms. The third-order valence-corrected chi connectivity index (χ3v) is 5.90. The van der Waals surface area contributed by atoms with Gasteiger partial charge in [0, 0.05) is 24.8 Å². The largest absolute Gasteiger partial charge is 0.378 e. The van der Waals surface area contributed by atoms with Gasteiger partial charge in [0.1, 0.15) is 0 Å². The maximum atomic E-state index is 12.9. The van der Waals surface area contributed by atoms with Crippen LogP contribution in [0, 0.1) is 11.8 Å². The van der Waals surface area contributed by atoms with Crippen LogP contribution in [0.3, 0.4) is 0 Å². The number of ether oxygens (including phenoxy) is 1. The van der Waals surface area contributed by atoms with Gasteiger partial charge < -0.3 is 15.0 Å². The molecule has 3 fully saturated rings. The number of para-hydroxylation sites is 1. The molecule has 1 aromatic rings. The van der Waals surface area contributed by atoms with Crippen molar-refractivity contribution in [3.8, 4) is 0 Å². The van der Waals surface area contributed by atoms with Gasteiger partial charge >= 0.3 is 0 Å². The Morgan fingerprint density at radius 3 is 2.78 bits per heavy atom. The Bertz CT molecular complexity index is 568. The Hall–Kier alpha value is -1.55. The van der Waals surface area contributed by atoms with E-state index in [1.165, 1.54) is 25.7 Å². The maximum absolute atomic E-state index is 12.9. The molecule has 0 spiro atoms. The van der Waals surface area contributed by atoms with Crippen LogP contribution >= 0.6 is 0 Å². The first-order chi connectivity index (χ1) is 11.3. The number of hydrogen-bond acceptors (Lipinski definition) is 3. The summed E-state index contributed by atoms with van der Waals surface area (Å²) in [5.74, 6) is 1.67. The normalized spacial score (nSPS) is 30.3. The first-order valence-electron chi connectivity index (χ1n) is 9.05. The number of morpholine rings is 1. The van der Waals surface area contributed by atoms with Gasteiger partial charge in [0.05, 0.1) is 18.8 Å². The minimum atomic E-state index is 0.102. The van der Waals surface area contributed by atoms with E-state index in [0.717, 1.165) is 55.8 Å². The fourth-order valence-corrected chi connectivity index (χ4v) is 4.73. The van der Waals surface area contributed by atoms with Gasteiger partial charge in [0.2, 0.25) is 0 Å². The molecule has 124 valence electrons. The third-order valence-electron chi connectivity index (χ3n) is 5.90. The van der Waals surface area contributed by atoms with Gasteiger partial charge in [-0.15, -0.1) is 0 Å². The van der Waals surface area contributed by atoms with Crippen molar-refractivity contribution in [2.45, 2.75) is 38.1 Å². The molecule has 23 heavy (non-hydrogen) atoms. The predicted molar refractivity (Wildman–Crippen MR) is 90.8 cm³/mol. The van der Waals surface area contributed by atoms with Crippen molar-refractivity contribution >= 4 is 11.6 Å². The molecule has 1 aromatic carbocycles. The highest BCUT2D eigenvalue weighted by Crippen LogP contribution is 2.44. The fourth-order valence-electron chi connectivity index (χ4n) is 4.73. The number of nitrogens with one attached hydrogen (secondary N) is 1. The Kier molecular flexibility index (Phi) is 4.25. The molecule has 4 rings (SSSR count). The van der Waals surface area contributed by atoms with Crippen LogP contribution in [0.4, 0.5) is 5.69 Å². The second-order valence-electron chi connectivity index (χ2n) is 7.13. The molecule has 1 N–H and O–H groups in total. The zero-order valence-electron chi connectivity index (χ0n) is 13.7. The quantitative estimate of drug-likeness (QED) is 0.933. The summed E-state index contributed by atoms with van der Waals surface area (Å²) in [4.78, 5) is 15.2. The van der Waals surface area contributed by atoms with Gasteiger partial charge in [-0.25, -0.2) is 0 Å². The summed E-state index contributed by atoms with van der Waals surface area (Å²) in [5.41, 5.74) is 1.87. The Balaban J connectivity index is 1.50. The van der Waals surface area contributed by atoms with Crippen LogP contribution in [-0.2, 0) is 4.74 Å². The summed E-state index contributed by atoms with van der Waals surface area (Å²) < 4.78 is 5.43. The fraction of sp³-hybridized carbons (Fsp3) is 0.632. The Labute approximate surface area is 138 Å². The van der Waals surface area contributed by atoms with Crippen molar-refractivity contribution in [3.05, 3.63) is 29.8 Å². The summed E-state index contributed by atoms with van der Waals surface area (Å²) in [5, 5.41) is 3.35. The lowest BCUT2D eigenvalue weighted by Gasteiger charge is -2.30. The number of rotatable bonds is 3. The van der Waals surface area contributed by atoms with Crippen LogP contribution in [0.5, 0.6) is 0 Å². The lowest BCUT2D eigenvalue weighted by Crippen LogP contribution is -2.40. The van der Waals surface area contributed by atoms with Gasteiger partial charge in [0.15, 0.2) is 0 Å². The number of nitrogens with zero attached hydrogens (tertiary/aromatic N) is 1. The second kappa shape index (κ2) is 6.52. The van der Waals surface area contributed by atoms with Crippen LogP contribution in [0.15, 0.2) is 24.3 Å². The number of benzene rings is 1. The van der Waals surface area contributed by atoms with E-state index in [9.17, 15) is 4.79 Å². The minimum absolute atomic E-state index is 0.102. The van der Waals surface area contributed by atoms with Crippen LogP contribution in [0.2, 0.25) is 0 Å². The molecule has 1 amide bonds. The van der Waals surface area contributed by atoms with E-state index in [4.69, 9.17) is 4.74 Å². The lowest BCUT2D eigenvalue weighted by molar-refractivity contribution is 0.0925. The average molecular weight is 314 g/mol. The summed E-state index contributed by atoms with van der Waals surface area (Å²) in [6.07, 6.45) is 6.44. The number of anilines is 1. The molecule has 3 atom stereocenters. The second-order valence-corrected chi connectivity index (χ2v) is 7.13. The zero-order chi connectivity index (χ0) is 15.6. The highest BCUT2D eigenvalue weighted by atomic mass is 16.5. The van der Waals surface area contributed by atoms with Crippen molar-refractivity contribution in [1.29, 1.82) is 0 Å². The summed E-state index contributed by atoms with van der Waals surface area (Å²) in [6, 6.07) is 8.39. The van der Waals surface area contributed by atoms with Crippen molar-refractivity contribution in [1.82, 2.24) is 5.32 Å². The number of carbonyl (C=O) groups is 1. The van der Waals surface area contributed by atoms with E-state index in [0.29, 0.717) is 6.04 Å². The molecule has 0 aromatic heterocycles. The highest BCUT2D eigenvalue weighted by Gasteiger charge is 2.39. The van der Waals surface area contributed by atoms with E-state index in [-0.39, 0.29) is 5.91 Å². The molecule has 2 aliphatic carbocycles. The van der Waals surface area contributed by atoms with E-state index in [1.54, 1.807) is 0 Å². The average Bonchev–Trinajstić information content (AvgIpc) is 3.21. The SMILES string of the molecule is O=C(N[C@@H]1CC[C@H]2CCC[C@H]21)c1ccccc1N1CCOCC1. The summed E-state index contributed by atoms with van der Waals surface area (Å²) in [7, 11) is 0. The third kappa shape index (κ3) is 2.97. The number of carbonyl (C=O) groups excluding carboxylic acids is 1. The summed E-state index contributed by atoms with van der Waals surface area (Å²) >= 11 is 0. The van der Waals surface area contributed by atoms with Gasteiger partial charge in [-0.3, -0.25) is 4.79 Å². The molecule has 4 nitrogen and oxygen atoms in total. The monoisotopic (exact) mass is 314 g/mol. The molecule has 1 heterocycles. The van der Waals surface area contributed by atoms with Crippen LogP contribution in [-0.4, -0.2) is 38.3 Å². The Morgan fingerprint density at radius 2 is 1.91 bits per heavy atom. The van der Waals surface area contributed by atoms with Crippen LogP contribution in [0.1, 0.15) is 42.5 Å². The molecular formula is C19H26N2O2. The summed E-state index contributed by atoms with van der Waals surface area (Å²) in [6.45, 7) is 3.20. The number of hydrogen-bond donors (Lipinski definition) is 1. The number of fused-ring (bicyclic) bond motifs is 1. The smallest absolute Gasteiger partial charge is 0.253 e. The van der Waals surface area contributed by atoms with E-state index in [1.807, 2.05) is 18.2 Å². The zero-order valence-corrected chi connectivity index (χ0v) is 13.7. The van der Waals surface area contributed by atoms with Crippen molar-refractivity contribution in [2.75, 3.05) is 31.2 Å². The first-order valence-corrected chi connectivity index (χ1v) is 9.05. The highest BCUT2D eigenvalue weighted by molar-refractivity contribution is 6.00. The molecule has 1 saturated heterocycles. The lowest BCUT2D eigenvalue weighted by atomic mass is 9.97.